The summed E-state index contributed by atoms with van der Waals surface area (Å²) < 4.78 is 31.3. The Kier molecular flexibility index (Phi) is 5.75. The maximum atomic E-state index is 7.60. The molecule has 0 spiro atoms. The summed E-state index contributed by atoms with van der Waals surface area (Å²) in [7, 11) is 0. The van der Waals surface area contributed by atoms with E-state index in [0.717, 1.165) is 21.3 Å². The predicted octanol–water partition coefficient (Wildman–Crippen LogP) is 8.21. The predicted molar refractivity (Wildman–Crippen MR) is 147 cm³/mol. The van der Waals surface area contributed by atoms with Gasteiger partial charge in [0.2, 0.25) is 0 Å². The molecule has 36 heavy (non-hydrogen) atoms. The normalized spacial score (nSPS) is 15.1. The molecule has 186 valence electrons. The van der Waals surface area contributed by atoms with E-state index < -0.39 is 6.98 Å². The Balaban J connectivity index is 0.00000308. The van der Waals surface area contributed by atoms with Gasteiger partial charge in [0.15, 0.2) is 0 Å². The first-order chi connectivity index (χ1) is 18.1. The van der Waals surface area contributed by atoms with Crippen LogP contribution >= 0.6 is 22.7 Å². The summed E-state index contributed by atoms with van der Waals surface area (Å²) in [6.07, 6.45) is 5.09. The Morgan fingerprint density at radius 3 is 2.81 bits per heavy atom. The number of anilines is 1. The first-order valence-corrected chi connectivity index (χ1v) is 12.9. The van der Waals surface area contributed by atoms with E-state index in [9.17, 15) is 0 Å². The van der Waals surface area contributed by atoms with Gasteiger partial charge in [0, 0.05) is 42.8 Å². The van der Waals surface area contributed by atoms with Gasteiger partial charge in [-0.2, -0.15) is 40.8 Å². The van der Waals surface area contributed by atoms with Crippen LogP contribution in [0.25, 0.3) is 31.4 Å². The van der Waals surface area contributed by atoms with Crippen LogP contribution in [0.1, 0.15) is 30.4 Å². The zero-order valence-corrected chi connectivity index (χ0v) is 23.7. The number of ether oxygens (including phenoxy) is 1. The van der Waals surface area contributed by atoms with Gasteiger partial charge in [0.05, 0.1) is 0 Å². The van der Waals surface area contributed by atoms with Crippen molar-refractivity contribution in [2.45, 2.75) is 26.2 Å². The van der Waals surface area contributed by atoms with Gasteiger partial charge in [-0.05, 0) is 64.0 Å². The number of benzene rings is 2. The van der Waals surface area contributed by atoms with Crippen molar-refractivity contribution in [3.63, 3.8) is 0 Å². The van der Waals surface area contributed by atoms with Crippen LogP contribution in [0.3, 0.4) is 0 Å². The second kappa shape index (κ2) is 9.66. The summed E-state index contributed by atoms with van der Waals surface area (Å²) in [5, 5.41) is 4.90. The Bertz CT molecular complexity index is 1690. The number of pyridine rings is 1. The van der Waals surface area contributed by atoms with Crippen LogP contribution in [-0.4, -0.2) is 16.9 Å². The third kappa shape index (κ3) is 4.70. The molecule has 0 unspecified atom stereocenters. The van der Waals surface area contributed by atoms with Crippen LogP contribution < -0.4 is 9.64 Å². The van der Waals surface area contributed by atoms with E-state index in [2.05, 4.69) is 62.5 Å². The molecule has 0 fully saturated rings. The fourth-order valence-corrected chi connectivity index (χ4v) is 5.95. The smallest absolute Gasteiger partial charge is 0.107 e. The fraction of sp³-hybridized carbons (Fsp3) is 0.172. The SMILES string of the molecule is [2H]C([2H])([2H])N1C=CN(c2[c-]c(Oc3[c-]c4c(-c5cc(C(C)(C)C)ccn5)c5sccc5cc4s3)ccc2)[CH-]1.[Pt]. The summed E-state index contributed by atoms with van der Waals surface area (Å²) in [4.78, 5) is 7.65. The second-order valence-electron chi connectivity index (χ2n) is 9.39. The maximum Gasteiger partial charge on any atom is 0.107 e. The van der Waals surface area contributed by atoms with E-state index in [-0.39, 0.29) is 26.5 Å². The monoisotopic (exact) mass is 692 g/mol. The Morgan fingerprint density at radius 2 is 2.00 bits per heavy atom. The van der Waals surface area contributed by atoms with Gasteiger partial charge in [-0.25, -0.2) is 0 Å². The Labute approximate surface area is 238 Å². The summed E-state index contributed by atoms with van der Waals surface area (Å²) in [5.74, 6) is 0.524. The number of aromatic nitrogens is 1. The third-order valence-electron chi connectivity index (χ3n) is 5.89. The molecule has 0 saturated carbocycles. The van der Waals surface area contributed by atoms with E-state index in [1.165, 1.54) is 44.8 Å². The van der Waals surface area contributed by atoms with E-state index in [1.807, 2.05) is 24.4 Å². The average molecular weight is 693 g/mol. The van der Waals surface area contributed by atoms with Gasteiger partial charge in [0.25, 0.3) is 0 Å². The third-order valence-corrected chi connectivity index (χ3v) is 7.75. The van der Waals surface area contributed by atoms with E-state index in [4.69, 9.17) is 13.8 Å². The fourth-order valence-electron chi connectivity index (χ4n) is 4.09. The molecule has 0 saturated heterocycles. The molecule has 6 rings (SSSR count). The van der Waals surface area contributed by atoms with Crippen LogP contribution in [0.2, 0.25) is 0 Å². The van der Waals surface area contributed by atoms with Crippen molar-refractivity contribution in [3.8, 4) is 22.1 Å². The van der Waals surface area contributed by atoms with Gasteiger partial charge in [-0.3, -0.25) is 4.98 Å². The largest absolute Gasteiger partial charge is 0.510 e. The zero-order valence-electron chi connectivity index (χ0n) is 22.8. The van der Waals surface area contributed by atoms with Crippen LogP contribution in [0.5, 0.6) is 10.8 Å². The molecule has 5 aromatic rings. The van der Waals surface area contributed by atoms with Crippen molar-refractivity contribution in [2.75, 3.05) is 11.9 Å². The van der Waals surface area contributed by atoms with E-state index in [1.54, 1.807) is 22.4 Å². The van der Waals surface area contributed by atoms with Crippen LogP contribution in [0, 0.1) is 18.8 Å². The molecule has 3 aromatic heterocycles. The Morgan fingerprint density at radius 1 is 1.11 bits per heavy atom. The van der Waals surface area contributed by atoms with Gasteiger partial charge < -0.3 is 14.5 Å². The number of thiophene rings is 2. The minimum absolute atomic E-state index is 0. The molecule has 0 N–H and O–H groups in total. The number of nitrogens with zero attached hydrogens (tertiary/aromatic N) is 3. The summed E-state index contributed by atoms with van der Waals surface area (Å²) in [5.41, 5.74) is 3.92. The van der Waals surface area contributed by atoms with Gasteiger partial charge in [0.1, 0.15) is 5.06 Å². The molecule has 0 radical (unpaired) electrons. The molecule has 0 bridgehead atoms. The standard InChI is InChI=1S/C29H24N3OS2.Pt/c1-29(2,3)20-8-10-30-24(15-20)27-23-17-26(35-25(23)14-19-9-13-34-28(19)27)33-22-7-5-6-21(16-22)32-12-11-31(4)18-32;/h5-15,18H,1-4H3;/q-3;/i4D3;. The first kappa shape index (κ1) is 21.4. The van der Waals surface area contributed by atoms with Crippen LogP contribution in [0.15, 0.2) is 66.4 Å². The van der Waals surface area contributed by atoms with E-state index >= 15 is 0 Å². The minimum atomic E-state index is -2.24. The maximum absolute atomic E-state index is 7.60. The molecular formula is C29H24N3OPtS2-3. The molecule has 0 atom stereocenters. The molecular weight excluding hydrogens is 666 g/mol. The summed E-state index contributed by atoms with van der Waals surface area (Å²) >= 11 is 3.24. The van der Waals surface area contributed by atoms with Crippen LogP contribution in [0.4, 0.5) is 5.69 Å². The van der Waals surface area contributed by atoms with Crippen molar-refractivity contribution in [1.29, 1.82) is 0 Å². The van der Waals surface area contributed by atoms with Crippen molar-refractivity contribution >= 4 is 48.5 Å². The molecule has 7 heteroatoms. The van der Waals surface area contributed by atoms with Crippen LogP contribution in [-0.2, 0) is 26.5 Å². The number of hydrogen-bond donors (Lipinski definition) is 0. The topological polar surface area (TPSA) is 28.6 Å². The number of rotatable bonds is 4. The van der Waals surface area contributed by atoms with Crippen molar-refractivity contribution in [1.82, 2.24) is 9.88 Å². The van der Waals surface area contributed by atoms with Gasteiger partial charge in [-0.15, -0.1) is 30.0 Å². The molecule has 2 aromatic carbocycles. The molecule has 1 aliphatic rings. The second-order valence-corrected chi connectivity index (χ2v) is 11.3. The summed E-state index contributed by atoms with van der Waals surface area (Å²) in [6, 6.07) is 20.8. The molecule has 0 amide bonds. The molecule has 0 aliphatic carbocycles. The van der Waals surface area contributed by atoms with Gasteiger partial charge >= 0.3 is 0 Å². The molecule has 4 nitrogen and oxygen atoms in total. The molecule has 4 heterocycles. The van der Waals surface area contributed by atoms with Crippen molar-refractivity contribution in [2.24, 2.45) is 0 Å². The summed E-state index contributed by atoms with van der Waals surface area (Å²) in [6.45, 7) is 5.90. The van der Waals surface area contributed by atoms with Crippen molar-refractivity contribution < 1.29 is 29.9 Å². The molecule has 1 aliphatic heterocycles. The van der Waals surface area contributed by atoms with E-state index in [0.29, 0.717) is 16.5 Å². The van der Waals surface area contributed by atoms with Gasteiger partial charge in [-0.1, -0.05) is 37.1 Å². The average Bonchev–Trinajstić information content (AvgIpc) is 3.61. The zero-order chi connectivity index (χ0) is 26.7. The quantitative estimate of drug-likeness (QED) is 0.178. The number of fused-ring (bicyclic) bond motifs is 2. The Hall–Kier alpha value is -2.66. The minimum Gasteiger partial charge on any atom is -0.510 e. The first-order valence-electron chi connectivity index (χ1n) is 12.7. The number of hydrogen-bond acceptors (Lipinski definition) is 6. The van der Waals surface area contributed by atoms with Crippen molar-refractivity contribution in [3.05, 3.63) is 90.8 Å².